The molecule has 2 aromatic rings. The van der Waals surface area contributed by atoms with Crippen LogP contribution in [0, 0.1) is 11.3 Å². The van der Waals surface area contributed by atoms with Crippen LogP contribution in [0.15, 0.2) is 41.6 Å². The molecule has 1 aromatic carbocycles. The van der Waals surface area contributed by atoms with Gasteiger partial charge in [-0.25, -0.2) is 13.4 Å². The molecular formula is C13H12N4O2S. The molecule has 0 aliphatic carbocycles. The first-order valence-electron chi connectivity index (χ1n) is 6.11. The third kappa shape index (κ3) is 2.09. The number of rotatable bonds is 2. The van der Waals surface area contributed by atoms with Gasteiger partial charge in [0.15, 0.2) is 0 Å². The quantitative estimate of drug-likeness (QED) is 0.824. The summed E-state index contributed by atoms with van der Waals surface area (Å²) in [5.41, 5.74) is 0.338. The maximum absolute atomic E-state index is 12.6. The Bertz CT molecular complexity index is 789. The molecule has 6 nitrogen and oxygen atoms in total. The standard InChI is InChI=1S/C13H12N4O2S/c14-9-11-2-1-3-12(8-11)20(18,19)17-7-6-16-5-4-15-13(16)10-17/h1-5,8H,6-7,10H2. The van der Waals surface area contributed by atoms with Crippen molar-refractivity contribution < 1.29 is 8.42 Å². The van der Waals surface area contributed by atoms with Crippen LogP contribution in [0.2, 0.25) is 0 Å². The molecule has 7 heteroatoms. The highest BCUT2D eigenvalue weighted by Crippen LogP contribution is 2.21. The number of aromatic nitrogens is 2. The van der Waals surface area contributed by atoms with E-state index in [1.54, 1.807) is 18.3 Å². The molecular weight excluding hydrogens is 276 g/mol. The van der Waals surface area contributed by atoms with E-state index in [-0.39, 0.29) is 11.4 Å². The first kappa shape index (κ1) is 12.8. The van der Waals surface area contributed by atoms with Crippen molar-refractivity contribution >= 4 is 10.0 Å². The molecule has 20 heavy (non-hydrogen) atoms. The van der Waals surface area contributed by atoms with Gasteiger partial charge in [0.1, 0.15) is 5.82 Å². The summed E-state index contributed by atoms with van der Waals surface area (Å²) < 4.78 is 28.5. The molecule has 0 atom stereocenters. The molecule has 0 unspecified atom stereocenters. The third-order valence-electron chi connectivity index (χ3n) is 3.31. The zero-order chi connectivity index (χ0) is 14.2. The Hall–Kier alpha value is -2.17. The lowest BCUT2D eigenvalue weighted by Crippen LogP contribution is -2.38. The Kier molecular flexibility index (Phi) is 3.04. The van der Waals surface area contributed by atoms with E-state index in [1.807, 2.05) is 16.8 Å². The van der Waals surface area contributed by atoms with Crippen LogP contribution in [0.5, 0.6) is 0 Å². The number of imidazole rings is 1. The first-order valence-corrected chi connectivity index (χ1v) is 7.55. The molecule has 0 fully saturated rings. The maximum atomic E-state index is 12.6. The molecule has 102 valence electrons. The molecule has 0 bridgehead atoms. The van der Waals surface area contributed by atoms with Crippen LogP contribution >= 0.6 is 0 Å². The molecule has 0 amide bonds. The van der Waals surface area contributed by atoms with Crippen molar-refractivity contribution in [2.24, 2.45) is 0 Å². The van der Waals surface area contributed by atoms with Crippen molar-refractivity contribution in [3.63, 3.8) is 0 Å². The van der Waals surface area contributed by atoms with Gasteiger partial charge in [0.25, 0.3) is 0 Å². The van der Waals surface area contributed by atoms with Crippen molar-refractivity contribution in [3.05, 3.63) is 48.0 Å². The van der Waals surface area contributed by atoms with Gasteiger partial charge in [-0.3, -0.25) is 0 Å². The second-order valence-corrected chi connectivity index (χ2v) is 6.45. The summed E-state index contributed by atoms with van der Waals surface area (Å²) >= 11 is 0. The van der Waals surface area contributed by atoms with E-state index in [9.17, 15) is 8.42 Å². The summed E-state index contributed by atoms with van der Waals surface area (Å²) in [5.74, 6) is 0.733. The molecule has 1 aromatic heterocycles. The Labute approximate surface area is 116 Å². The van der Waals surface area contributed by atoms with Gasteiger partial charge < -0.3 is 4.57 Å². The number of sulfonamides is 1. The smallest absolute Gasteiger partial charge is 0.243 e. The van der Waals surface area contributed by atoms with Crippen molar-refractivity contribution in [2.75, 3.05) is 6.54 Å². The van der Waals surface area contributed by atoms with E-state index in [4.69, 9.17) is 5.26 Å². The van der Waals surface area contributed by atoms with Crippen LogP contribution in [-0.4, -0.2) is 28.8 Å². The fraction of sp³-hybridized carbons (Fsp3) is 0.231. The molecule has 0 spiro atoms. The van der Waals surface area contributed by atoms with E-state index >= 15 is 0 Å². The van der Waals surface area contributed by atoms with Gasteiger partial charge in [-0.15, -0.1) is 0 Å². The normalized spacial score (nSPS) is 15.6. The second kappa shape index (κ2) is 4.74. The highest BCUT2D eigenvalue weighted by atomic mass is 32.2. The monoisotopic (exact) mass is 288 g/mol. The minimum atomic E-state index is -3.59. The van der Waals surface area contributed by atoms with Gasteiger partial charge in [-0.05, 0) is 18.2 Å². The Morgan fingerprint density at radius 2 is 2.15 bits per heavy atom. The topological polar surface area (TPSA) is 79.0 Å². The lowest BCUT2D eigenvalue weighted by Gasteiger charge is -2.26. The Morgan fingerprint density at radius 3 is 2.95 bits per heavy atom. The number of nitriles is 1. The third-order valence-corrected chi connectivity index (χ3v) is 5.15. The van der Waals surface area contributed by atoms with Crippen LogP contribution in [0.4, 0.5) is 0 Å². The molecule has 1 aliphatic rings. The number of benzene rings is 1. The summed E-state index contributed by atoms with van der Waals surface area (Å²) in [7, 11) is -3.59. The number of hydrogen-bond acceptors (Lipinski definition) is 4. The summed E-state index contributed by atoms with van der Waals surface area (Å²) in [6.07, 6.45) is 3.51. The lowest BCUT2D eigenvalue weighted by atomic mass is 10.2. The molecule has 2 heterocycles. The largest absolute Gasteiger partial charge is 0.333 e. The van der Waals surface area contributed by atoms with Crippen molar-refractivity contribution in [1.29, 1.82) is 5.26 Å². The molecule has 0 radical (unpaired) electrons. The Balaban J connectivity index is 1.95. The van der Waals surface area contributed by atoms with E-state index < -0.39 is 10.0 Å². The summed E-state index contributed by atoms with van der Waals surface area (Å²) in [5, 5.41) is 8.87. The number of nitrogens with zero attached hydrogens (tertiary/aromatic N) is 4. The van der Waals surface area contributed by atoms with Gasteiger partial charge in [0.05, 0.1) is 23.1 Å². The highest BCUT2D eigenvalue weighted by molar-refractivity contribution is 7.89. The zero-order valence-corrected chi connectivity index (χ0v) is 11.4. The van der Waals surface area contributed by atoms with Crippen LogP contribution in [0.1, 0.15) is 11.4 Å². The van der Waals surface area contributed by atoms with Gasteiger partial charge >= 0.3 is 0 Å². The maximum Gasteiger partial charge on any atom is 0.243 e. The molecule has 0 N–H and O–H groups in total. The summed E-state index contributed by atoms with van der Waals surface area (Å²) in [6, 6.07) is 8.03. The minimum Gasteiger partial charge on any atom is -0.333 e. The first-order chi connectivity index (χ1) is 9.61. The van der Waals surface area contributed by atoms with Crippen LogP contribution in [0.25, 0.3) is 0 Å². The van der Waals surface area contributed by atoms with Gasteiger partial charge in [0, 0.05) is 25.5 Å². The average Bonchev–Trinajstić information content (AvgIpc) is 2.94. The molecule has 0 saturated carbocycles. The summed E-state index contributed by atoms with van der Waals surface area (Å²) in [4.78, 5) is 4.30. The Morgan fingerprint density at radius 1 is 1.30 bits per heavy atom. The predicted molar refractivity (Wildman–Crippen MR) is 71.0 cm³/mol. The van der Waals surface area contributed by atoms with Gasteiger partial charge in [-0.2, -0.15) is 9.57 Å². The van der Waals surface area contributed by atoms with Gasteiger partial charge in [0.2, 0.25) is 10.0 Å². The zero-order valence-electron chi connectivity index (χ0n) is 10.6. The second-order valence-electron chi connectivity index (χ2n) is 4.52. The molecule has 1 aliphatic heterocycles. The minimum absolute atomic E-state index is 0.150. The highest BCUT2D eigenvalue weighted by Gasteiger charge is 2.28. The van der Waals surface area contributed by atoms with Crippen LogP contribution in [-0.2, 0) is 23.1 Å². The fourth-order valence-electron chi connectivity index (χ4n) is 2.23. The van der Waals surface area contributed by atoms with E-state index in [2.05, 4.69) is 4.98 Å². The number of fused-ring (bicyclic) bond motifs is 1. The molecule has 3 rings (SSSR count). The SMILES string of the molecule is N#Cc1cccc(S(=O)(=O)N2CCn3ccnc3C2)c1. The average molecular weight is 288 g/mol. The van der Waals surface area contributed by atoms with E-state index in [1.165, 1.54) is 16.4 Å². The molecule has 0 saturated heterocycles. The van der Waals surface area contributed by atoms with Crippen molar-refractivity contribution in [3.8, 4) is 6.07 Å². The summed E-state index contributed by atoms with van der Waals surface area (Å²) in [6.45, 7) is 1.25. The van der Waals surface area contributed by atoms with Crippen molar-refractivity contribution in [2.45, 2.75) is 18.0 Å². The predicted octanol–water partition coefficient (Wildman–Crippen LogP) is 0.959. The number of hydrogen-bond donors (Lipinski definition) is 0. The van der Waals surface area contributed by atoms with Crippen LogP contribution in [0.3, 0.4) is 0 Å². The van der Waals surface area contributed by atoms with E-state index in [0.29, 0.717) is 18.7 Å². The fourth-order valence-corrected chi connectivity index (χ4v) is 3.66. The van der Waals surface area contributed by atoms with Crippen LogP contribution < -0.4 is 0 Å². The lowest BCUT2D eigenvalue weighted by molar-refractivity contribution is 0.335. The van der Waals surface area contributed by atoms with Gasteiger partial charge in [-0.1, -0.05) is 6.07 Å². The van der Waals surface area contributed by atoms with E-state index in [0.717, 1.165) is 5.82 Å². The van der Waals surface area contributed by atoms with Crippen molar-refractivity contribution in [1.82, 2.24) is 13.9 Å².